The Bertz CT molecular complexity index is 1110. The molecule has 8 nitrogen and oxygen atoms in total. The van der Waals surface area contributed by atoms with Crippen LogP contribution >= 0.6 is 0 Å². The van der Waals surface area contributed by atoms with Gasteiger partial charge >= 0.3 is 0 Å². The van der Waals surface area contributed by atoms with Crippen molar-refractivity contribution in [1.82, 2.24) is 0 Å². The summed E-state index contributed by atoms with van der Waals surface area (Å²) in [5.74, 6) is 0.931. The van der Waals surface area contributed by atoms with Crippen LogP contribution in [-0.2, 0) is 21.0 Å². The van der Waals surface area contributed by atoms with Gasteiger partial charge in [-0.1, -0.05) is 35.5 Å². The molecule has 35 heavy (non-hydrogen) atoms. The molecule has 0 radical (unpaired) electrons. The summed E-state index contributed by atoms with van der Waals surface area (Å²) in [6.07, 6.45) is 1.52. The Balaban J connectivity index is 1.23. The highest BCUT2D eigenvalue weighted by molar-refractivity contribution is 5.92. The fraction of sp³-hybridized carbons (Fsp3) is 0.259. The molecule has 1 heterocycles. The first-order valence-electron chi connectivity index (χ1n) is 11.4. The minimum Gasteiger partial charge on any atom is -0.493 e. The molecule has 1 saturated heterocycles. The largest absolute Gasteiger partial charge is 0.493 e. The van der Waals surface area contributed by atoms with E-state index in [1.165, 1.54) is 6.21 Å². The lowest BCUT2D eigenvalue weighted by atomic mass is 10.2. The number of nitrogens with zero attached hydrogens (tertiary/aromatic N) is 2. The molecular formula is C27H29N3O5. The Morgan fingerprint density at radius 2 is 1.80 bits per heavy atom. The van der Waals surface area contributed by atoms with Gasteiger partial charge < -0.3 is 29.3 Å². The Hall–Kier alpha value is -4.04. The Kier molecular flexibility index (Phi) is 8.56. The van der Waals surface area contributed by atoms with E-state index in [0.29, 0.717) is 23.8 Å². The molecular weight excluding hydrogens is 446 g/mol. The van der Waals surface area contributed by atoms with E-state index in [0.717, 1.165) is 43.1 Å². The fourth-order valence-electron chi connectivity index (χ4n) is 3.59. The maximum Gasteiger partial charge on any atom is 0.265 e. The Morgan fingerprint density at radius 1 is 1.03 bits per heavy atom. The topological polar surface area (TPSA) is 81.6 Å². The molecule has 1 aliphatic rings. The van der Waals surface area contributed by atoms with Crippen molar-refractivity contribution < 1.29 is 23.8 Å². The molecule has 0 aromatic heterocycles. The third-order valence-electron chi connectivity index (χ3n) is 5.42. The van der Waals surface area contributed by atoms with Crippen LogP contribution in [0.1, 0.15) is 11.1 Å². The molecule has 3 aromatic carbocycles. The van der Waals surface area contributed by atoms with Gasteiger partial charge in [-0.25, -0.2) is 0 Å². The second-order valence-corrected chi connectivity index (χ2v) is 7.89. The van der Waals surface area contributed by atoms with Crippen LogP contribution < -0.4 is 19.7 Å². The highest BCUT2D eigenvalue weighted by Crippen LogP contribution is 2.28. The van der Waals surface area contributed by atoms with E-state index < -0.39 is 0 Å². The molecule has 1 N–H and O–H groups in total. The average molecular weight is 476 g/mol. The summed E-state index contributed by atoms with van der Waals surface area (Å²) in [7, 11) is 1.58. The van der Waals surface area contributed by atoms with E-state index in [1.807, 2.05) is 66.7 Å². The zero-order valence-electron chi connectivity index (χ0n) is 19.7. The number of hydrogen-bond donors (Lipinski definition) is 1. The van der Waals surface area contributed by atoms with E-state index >= 15 is 0 Å². The van der Waals surface area contributed by atoms with Crippen LogP contribution in [0, 0.1) is 0 Å². The van der Waals surface area contributed by atoms with E-state index in [-0.39, 0.29) is 12.5 Å². The van der Waals surface area contributed by atoms with Crippen molar-refractivity contribution in [3.63, 3.8) is 0 Å². The van der Waals surface area contributed by atoms with Crippen LogP contribution in [0.3, 0.4) is 0 Å². The van der Waals surface area contributed by atoms with Crippen molar-refractivity contribution in [2.45, 2.75) is 6.61 Å². The van der Waals surface area contributed by atoms with Gasteiger partial charge in [0.15, 0.2) is 18.1 Å². The summed E-state index contributed by atoms with van der Waals surface area (Å²) in [6.45, 7) is 3.44. The highest BCUT2D eigenvalue weighted by atomic mass is 16.6. The third-order valence-corrected chi connectivity index (χ3v) is 5.42. The number of nitrogens with one attached hydrogen (secondary N) is 1. The van der Waals surface area contributed by atoms with Crippen molar-refractivity contribution in [3.05, 3.63) is 83.9 Å². The van der Waals surface area contributed by atoms with E-state index in [2.05, 4.69) is 15.4 Å². The van der Waals surface area contributed by atoms with Gasteiger partial charge in [0, 0.05) is 30.0 Å². The van der Waals surface area contributed by atoms with Gasteiger partial charge in [-0.05, 0) is 48.0 Å². The maximum atomic E-state index is 12.2. The summed E-state index contributed by atoms with van der Waals surface area (Å²) in [4.78, 5) is 19.6. The number of ether oxygens (including phenoxy) is 3. The maximum absolute atomic E-state index is 12.2. The lowest BCUT2D eigenvalue weighted by Crippen LogP contribution is -2.36. The van der Waals surface area contributed by atoms with Crippen molar-refractivity contribution in [2.24, 2.45) is 5.16 Å². The first kappa shape index (κ1) is 24.1. The van der Waals surface area contributed by atoms with Crippen molar-refractivity contribution in [3.8, 4) is 11.5 Å². The molecule has 0 spiro atoms. The number of morpholine rings is 1. The van der Waals surface area contributed by atoms with Gasteiger partial charge in [-0.3, -0.25) is 4.79 Å². The molecule has 0 atom stereocenters. The lowest BCUT2D eigenvalue weighted by molar-refractivity contribution is -0.120. The van der Waals surface area contributed by atoms with Crippen LogP contribution in [0.25, 0.3) is 0 Å². The quantitative estimate of drug-likeness (QED) is 0.351. The van der Waals surface area contributed by atoms with Gasteiger partial charge in [-0.2, -0.15) is 0 Å². The minimum atomic E-state index is -0.288. The van der Waals surface area contributed by atoms with Crippen LogP contribution in [0.15, 0.2) is 78.0 Å². The normalized spacial score (nSPS) is 13.5. The summed E-state index contributed by atoms with van der Waals surface area (Å²) < 4.78 is 16.7. The predicted molar refractivity (Wildman–Crippen MR) is 135 cm³/mol. The second-order valence-electron chi connectivity index (χ2n) is 7.89. The van der Waals surface area contributed by atoms with E-state index in [4.69, 9.17) is 19.0 Å². The summed E-state index contributed by atoms with van der Waals surface area (Å²) in [5, 5.41) is 6.70. The zero-order chi connectivity index (χ0) is 24.3. The van der Waals surface area contributed by atoms with Crippen LogP contribution in [0.4, 0.5) is 11.4 Å². The summed E-state index contributed by atoms with van der Waals surface area (Å²) in [5.41, 5.74) is 3.64. The van der Waals surface area contributed by atoms with Crippen molar-refractivity contribution in [1.29, 1.82) is 0 Å². The monoisotopic (exact) mass is 475 g/mol. The van der Waals surface area contributed by atoms with Crippen LogP contribution in [0.5, 0.6) is 11.5 Å². The number of hydrogen-bond acceptors (Lipinski definition) is 7. The second kappa shape index (κ2) is 12.4. The number of anilines is 2. The standard InChI is InChI=1S/C27H29N3O5/c1-32-26-17-22(7-12-25(26)34-19-21-5-3-2-4-6-21)18-28-35-20-27(31)29-23-8-10-24(11-9-23)30-13-15-33-16-14-30/h2-12,17-18H,13-16,19-20H2,1H3,(H,29,31)/b28-18+. The molecule has 3 aromatic rings. The number of oxime groups is 1. The SMILES string of the molecule is COc1cc(/C=N/OCC(=O)Nc2ccc(N3CCOCC3)cc2)ccc1OCc1ccccc1. The summed E-state index contributed by atoms with van der Waals surface area (Å²) in [6, 6.07) is 23.1. The van der Waals surface area contributed by atoms with Crippen LogP contribution in [0.2, 0.25) is 0 Å². The molecule has 0 bridgehead atoms. The molecule has 0 saturated carbocycles. The fourth-order valence-corrected chi connectivity index (χ4v) is 3.59. The molecule has 182 valence electrons. The van der Waals surface area contributed by atoms with Gasteiger partial charge in [0.25, 0.3) is 5.91 Å². The Labute approximate surface area is 205 Å². The molecule has 8 heteroatoms. The molecule has 1 fully saturated rings. The van der Waals surface area contributed by atoms with E-state index in [1.54, 1.807) is 13.2 Å². The first-order valence-corrected chi connectivity index (χ1v) is 11.4. The van der Waals surface area contributed by atoms with Crippen molar-refractivity contribution >= 4 is 23.5 Å². The molecule has 1 amide bonds. The molecule has 0 unspecified atom stereocenters. The number of amides is 1. The first-order chi connectivity index (χ1) is 17.2. The van der Waals surface area contributed by atoms with Crippen molar-refractivity contribution in [2.75, 3.05) is 50.2 Å². The minimum absolute atomic E-state index is 0.197. The number of rotatable bonds is 10. The summed E-state index contributed by atoms with van der Waals surface area (Å²) >= 11 is 0. The van der Waals surface area contributed by atoms with Gasteiger partial charge in [0.2, 0.25) is 0 Å². The number of carbonyl (C=O) groups is 1. The van der Waals surface area contributed by atoms with Gasteiger partial charge in [0.1, 0.15) is 6.61 Å². The molecule has 4 rings (SSSR count). The highest BCUT2D eigenvalue weighted by Gasteiger charge is 2.11. The molecule has 0 aliphatic carbocycles. The zero-order valence-corrected chi connectivity index (χ0v) is 19.7. The number of methoxy groups -OCH3 is 1. The van der Waals surface area contributed by atoms with Gasteiger partial charge in [0.05, 0.1) is 26.5 Å². The van der Waals surface area contributed by atoms with Gasteiger partial charge in [-0.15, -0.1) is 0 Å². The van der Waals surface area contributed by atoms with E-state index in [9.17, 15) is 4.79 Å². The third kappa shape index (κ3) is 7.22. The average Bonchev–Trinajstić information content (AvgIpc) is 2.91. The number of carbonyl (C=O) groups excluding carboxylic acids is 1. The van der Waals surface area contributed by atoms with Crippen LogP contribution in [-0.4, -0.2) is 52.1 Å². The lowest BCUT2D eigenvalue weighted by Gasteiger charge is -2.28. The molecule has 1 aliphatic heterocycles. The smallest absolute Gasteiger partial charge is 0.265 e. The number of benzene rings is 3. The predicted octanol–water partition coefficient (Wildman–Crippen LogP) is 4.10. The Morgan fingerprint density at radius 3 is 2.54 bits per heavy atom.